The molecule has 1 amide bonds. The second kappa shape index (κ2) is 7.93. The van der Waals surface area contributed by atoms with Crippen LogP contribution in [0.2, 0.25) is 0 Å². The topological polar surface area (TPSA) is 107 Å². The smallest absolute Gasteiger partial charge is 0.414 e. The van der Waals surface area contributed by atoms with Crippen molar-refractivity contribution in [3.05, 3.63) is 42.2 Å². The number of ether oxygens (including phenoxy) is 1. The number of anilines is 2. The Bertz CT molecular complexity index is 1060. The lowest BCUT2D eigenvalue weighted by atomic mass is 9.95. The first-order valence-electron chi connectivity index (χ1n) is 10.2. The fourth-order valence-corrected chi connectivity index (χ4v) is 4.25. The van der Waals surface area contributed by atoms with Crippen LogP contribution in [-0.4, -0.2) is 67.0 Å². The van der Waals surface area contributed by atoms with Crippen LogP contribution in [0.5, 0.6) is 0 Å². The van der Waals surface area contributed by atoms with Gasteiger partial charge in [-0.1, -0.05) is 5.21 Å². The first-order valence-corrected chi connectivity index (χ1v) is 10.2. The molecule has 3 aromatic rings. The van der Waals surface area contributed by atoms with Gasteiger partial charge >= 0.3 is 6.09 Å². The summed E-state index contributed by atoms with van der Waals surface area (Å²) in [7, 11) is 1.83. The summed E-state index contributed by atoms with van der Waals surface area (Å²) in [5, 5.41) is 19.3. The van der Waals surface area contributed by atoms with Gasteiger partial charge in [0.2, 0.25) is 0 Å². The van der Waals surface area contributed by atoms with Crippen molar-refractivity contribution in [2.75, 3.05) is 29.4 Å². The largest absolute Gasteiger partial charge is 0.442 e. The Morgan fingerprint density at radius 3 is 2.74 bits per heavy atom. The minimum absolute atomic E-state index is 0.264. The zero-order valence-electron chi connectivity index (χ0n) is 17.0. The number of benzene rings is 1. The van der Waals surface area contributed by atoms with Gasteiger partial charge in [-0.3, -0.25) is 4.90 Å². The Morgan fingerprint density at radius 2 is 2.06 bits per heavy atom. The quantitative estimate of drug-likeness (QED) is 0.601. The SMILES string of the molecule is Cn1nnnc1C1CCN(c2ccc(N3C[C@H](Cn4ccnn4)OC3=O)cc2F)CC1. The van der Waals surface area contributed by atoms with Crippen molar-refractivity contribution in [2.24, 2.45) is 7.05 Å². The molecule has 162 valence electrons. The van der Waals surface area contributed by atoms with Crippen molar-refractivity contribution in [1.29, 1.82) is 0 Å². The van der Waals surface area contributed by atoms with Crippen LogP contribution >= 0.6 is 0 Å². The van der Waals surface area contributed by atoms with Gasteiger partial charge in [-0.2, -0.15) is 0 Å². The van der Waals surface area contributed by atoms with Crippen molar-refractivity contribution in [1.82, 2.24) is 35.2 Å². The van der Waals surface area contributed by atoms with Crippen molar-refractivity contribution in [3.8, 4) is 0 Å². The van der Waals surface area contributed by atoms with E-state index in [0.29, 0.717) is 37.6 Å². The number of carbonyl (C=O) groups excluding carboxylic acids is 1. The summed E-state index contributed by atoms with van der Waals surface area (Å²) in [6.45, 7) is 2.15. The summed E-state index contributed by atoms with van der Waals surface area (Å²) >= 11 is 0. The maximum atomic E-state index is 15.0. The minimum atomic E-state index is -0.490. The number of piperidine rings is 1. The van der Waals surface area contributed by atoms with E-state index in [1.54, 1.807) is 33.9 Å². The summed E-state index contributed by atoms with van der Waals surface area (Å²) in [6.07, 6.45) is 4.10. The molecule has 2 aromatic heterocycles. The Hall–Kier alpha value is -3.57. The monoisotopic (exact) mass is 427 g/mol. The zero-order chi connectivity index (χ0) is 21.4. The van der Waals surface area contributed by atoms with Gasteiger partial charge in [0, 0.05) is 32.3 Å². The van der Waals surface area contributed by atoms with E-state index in [0.717, 1.165) is 18.7 Å². The van der Waals surface area contributed by atoms with E-state index in [4.69, 9.17) is 4.74 Å². The maximum absolute atomic E-state index is 15.0. The van der Waals surface area contributed by atoms with E-state index in [2.05, 4.69) is 25.8 Å². The van der Waals surface area contributed by atoms with Gasteiger partial charge in [-0.05, 0) is 41.5 Å². The minimum Gasteiger partial charge on any atom is -0.442 e. The second-order valence-electron chi connectivity index (χ2n) is 7.80. The summed E-state index contributed by atoms with van der Waals surface area (Å²) in [4.78, 5) is 15.8. The molecule has 4 heterocycles. The lowest BCUT2D eigenvalue weighted by Crippen LogP contribution is -2.34. The van der Waals surface area contributed by atoms with Crippen LogP contribution in [0.4, 0.5) is 20.6 Å². The average molecular weight is 427 g/mol. The molecule has 0 saturated carbocycles. The number of rotatable bonds is 5. The maximum Gasteiger partial charge on any atom is 0.414 e. The first-order chi connectivity index (χ1) is 15.1. The number of halogens is 1. The van der Waals surface area contributed by atoms with Crippen LogP contribution < -0.4 is 9.80 Å². The molecule has 2 fully saturated rings. The van der Waals surface area contributed by atoms with Gasteiger partial charge in [0.25, 0.3) is 0 Å². The number of carbonyl (C=O) groups is 1. The average Bonchev–Trinajstić information content (AvgIpc) is 3.50. The standard InChI is InChI=1S/C19H22FN9O2/c1-26-18(22-23-25-26)13-4-7-27(8-5-13)17-3-2-14(10-16(17)20)29-12-15(31-19(29)30)11-28-9-6-21-24-28/h2-3,6,9-10,13,15H,4-5,7-8,11-12H2,1H3/t15-/m0/s1. The highest BCUT2D eigenvalue weighted by molar-refractivity contribution is 5.90. The van der Waals surface area contributed by atoms with Crippen LogP contribution in [0, 0.1) is 5.82 Å². The third-order valence-electron chi connectivity index (χ3n) is 5.83. The molecule has 1 aromatic carbocycles. The number of aryl methyl sites for hydroxylation is 1. The second-order valence-corrected chi connectivity index (χ2v) is 7.80. The normalized spacial score (nSPS) is 19.8. The van der Waals surface area contributed by atoms with Crippen LogP contribution in [0.25, 0.3) is 0 Å². The predicted octanol–water partition coefficient (Wildman–Crippen LogP) is 1.35. The summed E-state index contributed by atoms with van der Waals surface area (Å²) in [6, 6.07) is 4.89. The van der Waals surface area contributed by atoms with E-state index < -0.39 is 6.09 Å². The van der Waals surface area contributed by atoms with E-state index in [1.807, 2.05) is 11.9 Å². The number of nitrogens with zero attached hydrogens (tertiary/aromatic N) is 9. The van der Waals surface area contributed by atoms with Crippen molar-refractivity contribution in [3.63, 3.8) is 0 Å². The summed E-state index contributed by atoms with van der Waals surface area (Å²) in [5.41, 5.74) is 1.01. The molecular formula is C19H22FN9O2. The third-order valence-corrected chi connectivity index (χ3v) is 5.83. The fraction of sp³-hybridized carbons (Fsp3) is 0.474. The van der Waals surface area contributed by atoms with Crippen LogP contribution in [0.15, 0.2) is 30.6 Å². The zero-order valence-corrected chi connectivity index (χ0v) is 17.0. The molecule has 0 radical (unpaired) electrons. The van der Waals surface area contributed by atoms with Crippen LogP contribution in [-0.2, 0) is 18.3 Å². The Labute approximate surface area is 177 Å². The van der Waals surface area contributed by atoms with Gasteiger partial charge in [0.15, 0.2) is 5.82 Å². The van der Waals surface area contributed by atoms with Crippen LogP contribution in [0.1, 0.15) is 24.6 Å². The predicted molar refractivity (Wildman–Crippen MR) is 107 cm³/mol. The Kier molecular flexibility index (Phi) is 4.96. The Morgan fingerprint density at radius 1 is 1.23 bits per heavy atom. The lowest BCUT2D eigenvalue weighted by Gasteiger charge is -2.33. The molecule has 1 atom stereocenters. The molecule has 0 aliphatic carbocycles. The first kappa shape index (κ1) is 19.4. The van der Waals surface area contributed by atoms with Crippen molar-refractivity contribution in [2.45, 2.75) is 31.4 Å². The molecular weight excluding hydrogens is 405 g/mol. The molecule has 0 unspecified atom stereocenters. The van der Waals surface area contributed by atoms with Gasteiger partial charge in [0.1, 0.15) is 11.9 Å². The van der Waals surface area contributed by atoms with Gasteiger partial charge in [-0.25, -0.2) is 18.5 Å². The molecule has 11 nitrogen and oxygen atoms in total. The fourth-order valence-electron chi connectivity index (χ4n) is 4.25. The van der Waals surface area contributed by atoms with E-state index in [1.165, 1.54) is 11.0 Å². The highest BCUT2D eigenvalue weighted by Gasteiger charge is 2.33. The van der Waals surface area contributed by atoms with E-state index in [-0.39, 0.29) is 17.8 Å². The number of amides is 1. The number of tetrazole rings is 1. The molecule has 0 bridgehead atoms. The summed E-state index contributed by atoms with van der Waals surface area (Å²) in [5.74, 6) is 0.770. The number of hydrogen-bond donors (Lipinski definition) is 0. The van der Waals surface area contributed by atoms with Gasteiger partial charge < -0.3 is 9.64 Å². The number of cyclic esters (lactones) is 1. The highest BCUT2D eigenvalue weighted by Crippen LogP contribution is 2.32. The summed E-state index contributed by atoms with van der Waals surface area (Å²) < 4.78 is 23.7. The van der Waals surface area contributed by atoms with Crippen LogP contribution in [0.3, 0.4) is 0 Å². The van der Waals surface area contributed by atoms with Crippen molar-refractivity contribution < 1.29 is 13.9 Å². The molecule has 31 heavy (non-hydrogen) atoms. The van der Waals surface area contributed by atoms with Gasteiger partial charge in [0.05, 0.1) is 30.7 Å². The molecule has 12 heteroatoms. The molecule has 2 saturated heterocycles. The molecule has 5 rings (SSSR count). The molecule has 2 aliphatic rings. The van der Waals surface area contributed by atoms with E-state index in [9.17, 15) is 9.18 Å². The third kappa shape index (κ3) is 3.80. The lowest BCUT2D eigenvalue weighted by molar-refractivity contribution is 0.129. The molecule has 2 aliphatic heterocycles. The van der Waals surface area contributed by atoms with E-state index >= 15 is 0 Å². The molecule has 0 spiro atoms. The van der Waals surface area contributed by atoms with Crippen molar-refractivity contribution >= 4 is 17.5 Å². The molecule has 0 N–H and O–H groups in total. The highest BCUT2D eigenvalue weighted by atomic mass is 19.1. The number of hydrogen-bond acceptors (Lipinski definition) is 8. The Balaban J connectivity index is 1.24. The number of aromatic nitrogens is 7. The van der Waals surface area contributed by atoms with Gasteiger partial charge in [-0.15, -0.1) is 10.2 Å².